The van der Waals surface area contributed by atoms with Crippen LogP contribution in [0, 0.1) is 11.3 Å². The first kappa shape index (κ1) is 20.3. The van der Waals surface area contributed by atoms with Gasteiger partial charge in [-0.05, 0) is 31.0 Å². The topological polar surface area (TPSA) is 131 Å². The molecule has 33 heavy (non-hydrogen) atoms. The van der Waals surface area contributed by atoms with Crippen molar-refractivity contribution in [2.24, 2.45) is 0 Å². The molecule has 1 N–H and O–H groups in total. The second kappa shape index (κ2) is 7.53. The molecule has 0 aliphatic heterocycles. The van der Waals surface area contributed by atoms with Crippen molar-refractivity contribution in [1.82, 2.24) is 9.13 Å². The van der Waals surface area contributed by atoms with Gasteiger partial charge >= 0.3 is 5.69 Å². The fraction of sp³-hybridized carbons (Fsp3) is 0.167. The van der Waals surface area contributed by atoms with Crippen LogP contribution < -0.4 is 16.6 Å². The number of fused-ring (bicyclic) bond motifs is 2. The third-order valence-electron chi connectivity index (χ3n) is 5.77. The molecular formula is C24H16N4O5. The lowest BCUT2D eigenvalue weighted by Gasteiger charge is -2.18. The van der Waals surface area contributed by atoms with E-state index in [9.17, 15) is 29.2 Å². The summed E-state index contributed by atoms with van der Waals surface area (Å²) in [6.07, 6.45) is 2.76. The van der Waals surface area contributed by atoms with Gasteiger partial charge in [0.05, 0.1) is 0 Å². The van der Waals surface area contributed by atoms with Gasteiger partial charge in [-0.2, -0.15) is 5.26 Å². The molecule has 5 rings (SSSR count). The van der Waals surface area contributed by atoms with Crippen LogP contribution in [0.15, 0.2) is 58.3 Å². The molecule has 0 atom stereocenters. The average molecular weight is 440 g/mol. The van der Waals surface area contributed by atoms with E-state index in [2.05, 4.69) is 5.32 Å². The SMILES string of the molecule is N#Cc1cn(C2CC2)c(=O)n(CC(=O)Nc2ccc3c(c2)C(=O)c2ccccc2C3=O)c1=O. The molecule has 9 nitrogen and oxygen atoms in total. The van der Waals surface area contributed by atoms with E-state index in [0.29, 0.717) is 11.1 Å². The van der Waals surface area contributed by atoms with Crippen molar-refractivity contribution in [3.63, 3.8) is 0 Å². The number of hydrogen-bond acceptors (Lipinski definition) is 6. The van der Waals surface area contributed by atoms with Gasteiger partial charge in [0.25, 0.3) is 5.56 Å². The van der Waals surface area contributed by atoms with Crippen molar-refractivity contribution in [2.45, 2.75) is 25.4 Å². The minimum atomic E-state index is -0.836. The Morgan fingerprint density at radius 2 is 1.61 bits per heavy atom. The van der Waals surface area contributed by atoms with E-state index in [1.165, 1.54) is 29.0 Å². The summed E-state index contributed by atoms with van der Waals surface area (Å²) in [6, 6.07) is 12.6. The standard InChI is InChI=1S/C24H16N4O5/c25-10-13-11-27(15-6-7-15)24(33)28(23(13)32)12-20(29)26-14-5-8-18-19(9-14)22(31)17-4-2-1-3-16(17)21(18)30/h1-5,8-9,11,15H,6-7,12H2,(H,26,29). The van der Waals surface area contributed by atoms with Crippen molar-refractivity contribution < 1.29 is 14.4 Å². The van der Waals surface area contributed by atoms with E-state index in [1.54, 1.807) is 30.3 Å². The monoisotopic (exact) mass is 440 g/mol. The number of nitrogens with zero attached hydrogens (tertiary/aromatic N) is 3. The second-order valence-corrected chi connectivity index (χ2v) is 7.98. The molecule has 1 fully saturated rings. The lowest BCUT2D eigenvalue weighted by molar-refractivity contribution is -0.116. The van der Waals surface area contributed by atoms with Gasteiger partial charge in [-0.3, -0.25) is 23.7 Å². The third-order valence-corrected chi connectivity index (χ3v) is 5.77. The van der Waals surface area contributed by atoms with Crippen LogP contribution in [-0.2, 0) is 11.3 Å². The summed E-state index contributed by atoms with van der Waals surface area (Å²) in [5.41, 5.74) is -0.443. The van der Waals surface area contributed by atoms with Crippen LogP contribution in [0.2, 0.25) is 0 Å². The van der Waals surface area contributed by atoms with Gasteiger partial charge in [-0.15, -0.1) is 0 Å². The Morgan fingerprint density at radius 3 is 2.24 bits per heavy atom. The lowest BCUT2D eigenvalue weighted by Crippen LogP contribution is -2.43. The Bertz CT molecular complexity index is 1540. The van der Waals surface area contributed by atoms with Gasteiger partial charge in [0.15, 0.2) is 11.6 Å². The zero-order valence-electron chi connectivity index (χ0n) is 17.2. The van der Waals surface area contributed by atoms with Gasteiger partial charge in [-0.25, -0.2) is 9.36 Å². The Morgan fingerprint density at radius 1 is 0.970 bits per heavy atom. The van der Waals surface area contributed by atoms with E-state index in [1.807, 2.05) is 0 Å². The van der Waals surface area contributed by atoms with Crippen molar-refractivity contribution in [3.8, 4) is 6.07 Å². The summed E-state index contributed by atoms with van der Waals surface area (Å²) in [4.78, 5) is 63.3. The molecule has 1 amide bonds. The normalized spacial score (nSPS) is 14.3. The first-order chi connectivity index (χ1) is 15.9. The van der Waals surface area contributed by atoms with Crippen molar-refractivity contribution in [3.05, 3.63) is 97.3 Å². The van der Waals surface area contributed by atoms with E-state index < -0.39 is 23.7 Å². The zero-order chi connectivity index (χ0) is 23.3. The first-order valence-corrected chi connectivity index (χ1v) is 10.3. The summed E-state index contributed by atoms with van der Waals surface area (Å²) in [5, 5.41) is 11.8. The molecule has 162 valence electrons. The number of ketones is 2. The summed E-state index contributed by atoms with van der Waals surface area (Å²) >= 11 is 0. The molecule has 0 bridgehead atoms. The Balaban J connectivity index is 1.43. The van der Waals surface area contributed by atoms with Crippen LogP contribution in [0.25, 0.3) is 0 Å². The molecule has 0 saturated heterocycles. The molecule has 9 heteroatoms. The highest BCUT2D eigenvalue weighted by molar-refractivity contribution is 6.28. The number of rotatable bonds is 4. The van der Waals surface area contributed by atoms with Crippen LogP contribution >= 0.6 is 0 Å². The van der Waals surface area contributed by atoms with E-state index in [4.69, 9.17) is 0 Å². The van der Waals surface area contributed by atoms with Crippen LogP contribution in [0.1, 0.15) is 56.3 Å². The van der Waals surface area contributed by atoms with Gasteiger partial charge in [0.1, 0.15) is 18.2 Å². The molecule has 2 aromatic carbocycles. The molecule has 0 radical (unpaired) electrons. The molecule has 0 spiro atoms. The average Bonchev–Trinajstić information content (AvgIpc) is 3.66. The predicted octanol–water partition coefficient (Wildman–Crippen LogP) is 1.63. The maximum absolute atomic E-state index is 12.9. The number of aromatic nitrogens is 2. The number of nitriles is 1. The lowest BCUT2D eigenvalue weighted by atomic mass is 9.84. The molecule has 2 aliphatic rings. The summed E-state index contributed by atoms with van der Waals surface area (Å²) < 4.78 is 2.05. The molecule has 1 aromatic heterocycles. The van der Waals surface area contributed by atoms with Gasteiger partial charge in [-0.1, -0.05) is 24.3 Å². The van der Waals surface area contributed by atoms with Gasteiger partial charge in [0, 0.05) is 40.2 Å². The fourth-order valence-corrected chi connectivity index (χ4v) is 3.97. The number of nitrogens with one attached hydrogen (secondary N) is 1. The number of amides is 1. The maximum Gasteiger partial charge on any atom is 0.331 e. The number of carbonyl (C=O) groups is 3. The molecule has 1 heterocycles. The highest BCUT2D eigenvalue weighted by atomic mass is 16.2. The largest absolute Gasteiger partial charge is 0.331 e. The van der Waals surface area contributed by atoms with Crippen molar-refractivity contribution >= 4 is 23.2 Å². The quantitative estimate of drug-likeness (QED) is 0.513. The second-order valence-electron chi connectivity index (χ2n) is 7.98. The Kier molecular flexibility index (Phi) is 4.64. The number of benzene rings is 2. The summed E-state index contributed by atoms with van der Waals surface area (Å²) in [7, 11) is 0. The molecule has 2 aliphatic carbocycles. The molecular weight excluding hydrogens is 424 g/mol. The minimum absolute atomic E-state index is 0.0772. The van der Waals surface area contributed by atoms with Crippen LogP contribution in [-0.4, -0.2) is 26.6 Å². The van der Waals surface area contributed by atoms with Gasteiger partial charge in [0.2, 0.25) is 5.91 Å². The predicted molar refractivity (Wildman–Crippen MR) is 116 cm³/mol. The van der Waals surface area contributed by atoms with E-state index in [-0.39, 0.29) is 40.0 Å². The fourth-order valence-electron chi connectivity index (χ4n) is 3.97. The Hall–Kier alpha value is -4.58. The Labute approximate surface area is 186 Å². The highest BCUT2D eigenvalue weighted by Crippen LogP contribution is 2.33. The first-order valence-electron chi connectivity index (χ1n) is 10.3. The molecule has 3 aromatic rings. The molecule has 1 saturated carbocycles. The smallest absolute Gasteiger partial charge is 0.325 e. The number of hydrogen-bond donors (Lipinski definition) is 1. The van der Waals surface area contributed by atoms with Crippen LogP contribution in [0.5, 0.6) is 0 Å². The minimum Gasteiger partial charge on any atom is -0.325 e. The van der Waals surface area contributed by atoms with Crippen LogP contribution in [0.3, 0.4) is 0 Å². The van der Waals surface area contributed by atoms with Gasteiger partial charge < -0.3 is 5.32 Å². The molecule has 0 unspecified atom stereocenters. The van der Waals surface area contributed by atoms with Crippen molar-refractivity contribution in [2.75, 3.05) is 5.32 Å². The van der Waals surface area contributed by atoms with E-state index >= 15 is 0 Å². The highest BCUT2D eigenvalue weighted by Gasteiger charge is 2.30. The van der Waals surface area contributed by atoms with E-state index in [0.717, 1.165) is 17.4 Å². The maximum atomic E-state index is 12.9. The summed E-state index contributed by atoms with van der Waals surface area (Å²) in [5.74, 6) is -1.29. The number of carbonyl (C=O) groups excluding carboxylic acids is 3. The summed E-state index contributed by atoms with van der Waals surface area (Å²) in [6.45, 7) is -0.591. The number of anilines is 1. The third kappa shape index (κ3) is 3.38. The van der Waals surface area contributed by atoms with Crippen LogP contribution in [0.4, 0.5) is 5.69 Å². The zero-order valence-corrected chi connectivity index (χ0v) is 17.2. The van der Waals surface area contributed by atoms with Crippen molar-refractivity contribution in [1.29, 1.82) is 5.26 Å².